The molecule has 0 saturated carbocycles. The van der Waals surface area contributed by atoms with Crippen molar-refractivity contribution in [1.29, 1.82) is 0 Å². The van der Waals surface area contributed by atoms with Crippen molar-refractivity contribution in [3.8, 4) is 5.75 Å². The zero-order valence-corrected chi connectivity index (χ0v) is 18.2. The van der Waals surface area contributed by atoms with E-state index in [-0.39, 0.29) is 24.6 Å². The summed E-state index contributed by atoms with van der Waals surface area (Å²) in [4.78, 5) is 27.6. The molecule has 32 heavy (non-hydrogen) atoms. The normalized spacial score (nSPS) is 17.2. The Morgan fingerprint density at radius 2 is 1.66 bits per heavy atom. The molecular weight excluding hydrogens is 404 g/mol. The molecule has 1 heterocycles. The number of methoxy groups -OCH3 is 1. The number of para-hydroxylation sites is 1. The second kappa shape index (κ2) is 9.56. The van der Waals surface area contributed by atoms with Crippen LogP contribution in [0.1, 0.15) is 40.9 Å². The summed E-state index contributed by atoms with van der Waals surface area (Å²) in [7, 11) is 1.60. The van der Waals surface area contributed by atoms with Crippen LogP contribution in [0.4, 0.5) is 10.5 Å². The van der Waals surface area contributed by atoms with E-state index in [0.717, 1.165) is 16.8 Å². The highest BCUT2D eigenvalue weighted by Gasteiger charge is 2.35. The number of nitrogens with zero attached hydrogens (tertiary/aromatic N) is 1. The summed E-state index contributed by atoms with van der Waals surface area (Å²) in [5.74, 6) is 0.615. The highest BCUT2D eigenvalue weighted by atomic mass is 16.5. The molecule has 0 bridgehead atoms. The molecule has 0 saturated heterocycles. The number of nitrogens with one attached hydrogen (secondary N) is 1. The van der Waals surface area contributed by atoms with Crippen molar-refractivity contribution in [2.45, 2.75) is 32.0 Å². The van der Waals surface area contributed by atoms with Crippen molar-refractivity contribution >= 4 is 17.7 Å². The maximum absolute atomic E-state index is 13.3. The molecule has 3 aromatic rings. The number of ether oxygens (including phenoxy) is 2. The number of rotatable bonds is 5. The fourth-order valence-corrected chi connectivity index (χ4v) is 4.04. The quantitative estimate of drug-likeness (QED) is 0.611. The van der Waals surface area contributed by atoms with Gasteiger partial charge in [0.2, 0.25) is 0 Å². The number of anilines is 1. The standard InChI is InChI=1S/C26H26N2O4/c1-18-16-23(27-26(30)32-17-19-8-4-3-5-9-19)22-10-6-7-11-24(22)28(18)25(29)20-12-14-21(31-2)15-13-20/h3-15,18,23H,16-17H2,1-2H3,(H,27,30)/t18-,23-/m1/s1. The van der Waals surface area contributed by atoms with Gasteiger partial charge in [-0.1, -0.05) is 48.5 Å². The number of carbonyl (C=O) groups excluding carboxylic acids is 2. The fraction of sp³-hybridized carbons (Fsp3) is 0.231. The third-order valence-electron chi connectivity index (χ3n) is 5.65. The first kappa shape index (κ1) is 21.4. The summed E-state index contributed by atoms with van der Waals surface area (Å²) < 4.78 is 10.6. The van der Waals surface area contributed by atoms with Gasteiger partial charge in [-0.05, 0) is 54.8 Å². The molecule has 164 valence electrons. The Kier molecular flexibility index (Phi) is 6.40. The van der Waals surface area contributed by atoms with Crippen molar-refractivity contribution in [2.24, 2.45) is 0 Å². The Balaban J connectivity index is 1.51. The molecule has 1 aliphatic heterocycles. The minimum atomic E-state index is -0.476. The highest BCUT2D eigenvalue weighted by Crippen LogP contribution is 2.38. The van der Waals surface area contributed by atoms with Gasteiger partial charge in [-0.25, -0.2) is 4.79 Å². The van der Waals surface area contributed by atoms with Gasteiger partial charge >= 0.3 is 6.09 Å². The molecule has 1 N–H and O–H groups in total. The first-order chi connectivity index (χ1) is 15.6. The molecule has 0 fully saturated rings. The SMILES string of the molecule is COc1ccc(C(=O)N2c3ccccc3[C@H](NC(=O)OCc3ccccc3)C[C@H]2C)cc1. The number of hydrogen-bond acceptors (Lipinski definition) is 4. The smallest absolute Gasteiger partial charge is 0.407 e. The summed E-state index contributed by atoms with van der Waals surface area (Å²) in [6, 6.07) is 24.0. The lowest BCUT2D eigenvalue weighted by molar-refractivity contribution is 0.0972. The largest absolute Gasteiger partial charge is 0.497 e. The van der Waals surface area contributed by atoms with Gasteiger partial charge < -0.3 is 19.7 Å². The van der Waals surface area contributed by atoms with Crippen molar-refractivity contribution in [3.05, 3.63) is 95.6 Å². The number of carbonyl (C=O) groups is 2. The van der Waals surface area contributed by atoms with Crippen molar-refractivity contribution in [2.75, 3.05) is 12.0 Å². The number of amides is 2. The van der Waals surface area contributed by atoms with Gasteiger partial charge in [0.25, 0.3) is 5.91 Å². The zero-order chi connectivity index (χ0) is 22.5. The van der Waals surface area contributed by atoms with E-state index in [1.54, 1.807) is 36.3 Å². The molecule has 0 spiro atoms. The Labute approximate surface area is 187 Å². The van der Waals surface area contributed by atoms with Crippen LogP contribution in [0.2, 0.25) is 0 Å². The molecule has 6 nitrogen and oxygen atoms in total. The number of hydrogen-bond donors (Lipinski definition) is 1. The van der Waals surface area contributed by atoms with E-state index in [0.29, 0.717) is 17.7 Å². The summed E-state index contributed by atoms with van der Waals surface area (Å²) in [5, 5.41) is 2.97. The molecule has 0 aliphatic carbocycles. The molecule has 2 amide bonds. The summed E-state index contributed by atoms with van der Waals surface area (Å²) >= 11 is 0. The van der Waals surface area contributed by atoms with E-state index in [2.05, 4.69) is 5.32 Å². The Hall–Kier alpha value is -3.80. The fourth-order valence-electron chi connectivity index (χ4n) is 4.04. The van der Waals surface area contributed by atoms with Gasteiger partial charge in [-0.3, -0.25) is 4.79 Å². The van der Waals surface area contributed by atoms with Gasteiger partial charge in [-0.2, -0.15) is 0 Å². The van der Waals surface area contributed by atoms with Gasteiger partial charge in [0.1, 0.15) is 12.4 Å². The second-order valence-electron chi connectivity index (χ2n) is 7.81. The van der Waals surface area contributed by atoms with Gasteiger partial charge in [0, 0.05) is 17.3 Å². The van der Waals surface area contributed by atoms with Crippen molar-refractivity contribution < 1.29 is 19.1 Å². The van der Waals surface area contributed by atoms with E-state index in [9.17, 15) is 9.59 Å². The van der Waals surface area contributed by atoms with Crippen molar-refractivity contribution in [3.63, 3.8) is 0 Å². The Morgan fingerprint density at radius 1 is 0.969 bits per heavy atom. The third kappa shape index (κ3) is 4.59. The Bertz CT molecular complexity index is 1080. The van der Waals surface area contributed by atoms with Crippen molar-refractivity contribution in [1.82, 2.24) is 5.32 Å². The predicted molar refractivity (Wildman–Crippen MR) is 123 cm³/mol. The molecule has 0 radical (unpaired) electrons. The summed E-state index contributed by atoms with van der Waals surface area (Å²) in [6.45, 7) is 2.19. The number of alkyl carbamates (subject to hydrolysis) is 1. The second-order valence-corrected chi connectivity index (χ2v) is 7.81. The molecule has 6 heteroatoms. The molecule has 1 aliphatic rings. The summed E-state index contributed by atoms with van der Waals surface area (Å²) in [5.41, 5.74) is 3.20. The maximum atomic E-state index is 13.3. The molecule has 0 aromatic heterocycles. The molecule has 3 aromatic carbocycles. The van der Waals surface area contributed by atoms with Crippen LogP contribution in [0.15, 0.2) is 78.9 Å². The topological polar surface area (TPSA) is 67.9 Å². The minimum Gasteiger partial charge on any atom is -0.497 e. The lowest BCUT2D eigenvalue weighted by Gasteiger charge is -2.39. The average molecular weight is 431 g/mol. The van der Waals surface area contributed by atoms with Crippen LogP contribution in [0.25, 0.3) is 0 Å². The first-order valence-electron chi connectivity index (χ1n) is 10.6. The van der Waals surface area contributed by atoms with Crippen LogP contribution in [-0.4, -0.2) is 25.2 Å². The van der Waals surface area contributed by atoms with E-state index < -0.39 is 6.09 Å². The van der Waals surface area contributed by atoms with Crippen LogP contribution >= 0.6 is 0 Å². The molecular formula is C26H26N2O4. The van der Waals surface area contributed by atoms with Crippen LogP contribution in [0.3, 0.4) is 0 Å². The molecule has 4 rings (SSSR count). The lowest BCUT2D eigenvalue weighted by atomic mass is 9.91. The van der Waals surface area contributed by atoms with E-state index in [1.807, 2.05) is 61.5 Å². The minimum absolute atomic E-state index is 0.0855. The molecule has 2 atom stereocenters. The Morgan fingerprint density at radius 3 is 2.38 bits per heavy atom. The average Bonchev–Trinajstić information content (AvgIpc) is 2.83. The predicted octanol–water partition coefficient (Wildman–Crippen LogP) is 5.10. The highest BCUT2D eigenvalue weighted by molar-refractivity contribution is 6.07. The zero-order valence-electron chi connectivity index (χ0n) is 18.2. The van der Waals surface area contributed by atoms with Crippen LogP contribution in [0, 0.1) is 0 Å². The van der Waals surface area contributed by atoms with E-state index in [4.69, 9.17) is 9.47 Å². The first-order valence-corrected chi connectivity index (χ1v) is 10.6. The third-order valence-corrected chi connectivity index (χ3v) is 5.65. The van der Waals surface area contributed by atoms with Crippen LogP contribution in [0.5, 0.6) is 5.75 Å². The molecule has 0 unspecified atom stereocenters. The van der Waals surface area contributed by atoms with Gasteiger partial charge in [-0.15, -0.1) is 0 Å². The van der Waals surface area contributed by atoms with E-state index >= 15 is 0 Å². The van der Waals surface area contributed by atoms with E-state index in [1.165, 1.54) is 0 Å². The number of fused-ring (bicyclic) bond motifs is 1. The maximum Gasteiger partial charge on any atom is 0.407 e. The van der Waals surface area contributed by atoms with Gasteiger partial charge in [0.15, 0.2) is 0 Å². The van der Waals surface area contributed by atoms with Crippen LogP contribution < -0.4 is 15.0 Å². The summed E-state index contributed by atoms with van der Waals surface area (Å²) in [6.07, 6.45) is 0.107. The van der Waals surface area contributed by atoms with Crippen LogP contribution in [-0.2, 0) is 11.3 Å². The monoisotopic (exact) mass is 430 g/mol. The lowest BCUT2D eigenvalue weighted by Crippen LogP contribution is -2.46. The van der Waals surface area contributed by atoms with Gasteiger partial charge in [0.05, 0.1) is 13.2 Å². The number of benzene rings is 3.